The summed E-state index contributed by atoms with van der Waals surface area (Å²) in [5.41, 5.74) is 1.33. The fourth-order valence-electron chi connectivity index (χ4n) is 1.97. The standard InChI is InChI=1S/C14H15BrN2O3/c1-8(6-7-11(18)19)16-14(20)13-12(15)9-4-2-3-5-10(9)17-13/h2-5,8,17H,6-7H2,1H3,(H,16,20)(H,18,19). The normalized spacial score (nSPS) is 12.3. The molecule has 0 bridgehead atoms. The summed E-state index contributed by atoms with van der Waals surface area (Å²) in [5, 5.41) is 12.4. The Morgan fingerprint density at radius 1 is 1.40 bits per heavy atom. The van der Waals surface area contributed by atoms with E-state index in [4.69, 9.17) is 5.11 Å². The molecular formula is C14H15BrN2O3. The van der Waals surface area contributed by atoms with Crippen LogP contribution in [0.1, 0.15) is 30.3 Å². The number of carbonyl (C=O) groups is 2. The average molecular weight is 339 g/mol. The molecule has 0 saturated carbocycles. The van der Waals surface area contributed by atoms with Crippen LogP contribution in [0.4, 0.5) is 0 Å². The number of amides is 1. The number of aliphatic carboxylic acids is 1. The number of carboxylic acid groups (broad SMARTS) is 1. The molecule has 3 N–H and O–H groups in total. The fourth-order valence-corrected chi connectivity index (χ4v) is 2.60. The molecule has 1 aromatic carbocycles. The van der Waals surface area contributed by atoms with Crippen LogP contribution in [-0.4, -0.2) is 28.0 Å². The van der Waals surface area contributed by atoms with Gasteiger partial charge in [0.25, 0.3) is 5.91 Å². The van der Waals surface area contributed by atoms with Crippen LogP contribution in [0.2, 0.25) is 0 Å². The number of benzene rings is 1. The molecule has 0 aliphatic rings. The molecule has 0 aliphatic heterocycles. The van der Waals surface area contributed by atoms with Crippen molar-refractivity contribution < 1.29 is 14.7 Å². The maximum atomic E-state index is 12.2. The number of aromatic amines is 1. The predicted molar refractivity (Wildman–Crippen MR) is 79.8 cm³/mol. The summed E-state index contributed by atoms with van der Waals surface area (Å²) in [7, 11) is 0. The lowest BCUT2D eigenvalue weighted by molar-refractivity contribution is -0.137. The highest BCUT2D eigenvalue weighted by atomic mass is 79.9. The minimum atomic E-state index is -0.863. The first kappa shape index (κ1) is 14.6. The van der Waals surface area contributed by atoms with E-state index in [0.717, 1.165) is 15.4 Å². The Morgan fingerprint density at radius 3 is 2.75 bits per heavy atom. The van der Waals surface area contributed by atoms with Gasteiger partial charge in [0.05, 0.1) is 4.47 Å². The van der Waals surface area contributed by atoms with E-state index in [9.17, 15) is 9.59 Å². The number of carbonyl (C=O) groups excluding carboxylic acids is 1. The Balaban J connectivity index is 2.11. The molecule has 0 radical (unpaired) electrons. The number of hydrogen-bond acceptors (Lipinski definition) is 2. The molecule has 5 nitrogen and oxygen atoms in total. The Labute approximate surface area is 124 Å². The van der Waals surface area contributed by atoms with E-state index < -0.39 is 5.97 Å². The van der Waals surface area contributed by atoms with Crippen molar-refractivity contribution >= 4 is 38.7 Å². The van der Waals surface area contributed by atoms with Gasteiger partial charge in [-0.1, -0.05) is 18.2 Å². The number of rotatable bonds is 5. The fraction of sp³-hybridized carbons (Fsp3) is 0.286. The minimum absolute atomic E-state index is 0.0370. The number of carboxylic acids is 1. The van der Waals surface area contributed by atoms with Gasteiger partial charge in [-0.25, -0.2) is 0 Å². The Morgan fingerprint density at radius 2 is 2.10 bits per heavy atom. The lowest BCUT2D eigenvalue weighted by atomic mass is 10.2. The number of aromatic nitrogens is 1. The van der Waals surface area contributed by atoms with Gasteiger partial charge in [-0.15, -0.1) is 0 Å². The number of hydrogen-bond donors (Lipinski definition) is 3. The highest BCUT2D eigenvalue weighted by molar-refractivity contribution is 9.10. The molecular weight excluding hydrogens is 324 g/mol. The second kappa shape index (κ2) is 6.09. The molecule has 0 fully saturated rings. The Bertz CT molecular complexity index is 651. The smallest absolute Gasteiger partial charge is 0.303 e. The second-order valence-electron chi connectivity index (χ2n) is 4.67. The van der Waals surface area contributed by atoms with Gasteiger partial charge in [0.2, 0.25) is 0 Å². The molecule has 2 aromatic rings. The summed E-state index contributed by atoms with van der Waals surface area (Å²) in [6.07, 6.45) is 0.439. The van der Waals surface area contributed by atoms with Crippen molar-refractivity contribution in [1.29, 1.82) is 0 Å². The summed E-state index contributed by atoms with van der Waals surface area (Å²) < 4.78 is 0.719. The molecule has 2 rings (SSSR count). The van der Waals surface area contributed by atoms with Crippen molar-refractivity contribution in [3.63, 3.8) is 0 Å². The number of halogens is 1. The minimum Gasteiger partial charge on any atom is -0.481 e. The van der Waals surface area contributed by atoms with E-state index in [2.05, 4.69) is 26.2 Å². The molecule has 20 heavy (non-hydrogen) atoms. The first-order chi connectivity index (χ1) is 9.49. The van der Waals surface area contributed by atoms with Crippen molar-refractivity contribution in [3.8, 4) is 0 Å². The predicted octanol–water partition coefficient (Wildman–Crippen LogP) is 2.91. The highest BCUT2D eigenvalue weighted by Gasteiger charge is 2.17. The quantitative estimate of drug-likeness (QED) is 0.783. The monoisotopic (exact) mass is 338 g/mol. The number of fused-ring (bicyclic) bond motifs is 1. The number of H-pyrrole nitrogens is 1. The third kappa shape index (κ3) is 3.19. The lowest BCUT2D eigenvalue weighted by Gasteiger charge is -2.12. The molecule has 1 amide bonds. The average Bonchev–Trinajstić information content (AvgIpc) is 2.74. The Hall–Kier alpha value is -1.82. The molecule has 1 heterocycles. The van der Waals surface area contributed by atoms with Crippen molar-refractivity contribution in [1.82, 2.24) is 10.3 Å². The summed E-state index contributed by atoms with van der Waals surface area (Å²) >= 11 is 3.42. The van der Waals surface area contributed by atoms with Crippen LogP contribution >= 0.6 is 15.9 Å². The molecule has 0 spiro atoms. The zero-order valence-corrected chi connectivity index (χ0v) is 12.5. The van der Waals surface area contributed by atoms with Crippen LogP contribution in [0, 0.1) is 0 Å². The SMILES string of the molecule is CC(CCC(=O)O)NC(=O)c1[nH]c2ccccc2c1Br. The third-order valence-corrected chi connectivity index (χ3v) is 3.86. The topological polar surface area (TPSA) is 82.2 Å². The Kier molecular flexibility index (Phi) is 4.44. The van der Waals surface area contributed by atoms with Crippen LogP contribution in [0.5, 0.6) is 0 Å². The van der Waals surface area contributed by atoms with Gasteiger partial charge >= 0.3 is 5.97 Å². The molecule has 1 aromatic heterocycles. The molecule has 1 atom stereocenters. The van der Waals surface area contributed by atoms with Crippen LogP contribution in [-0.2, 0) is 4.79 Å². The van der Waals surface area contributed by atoms with E-state index in [-0.39, 0.29) is 18.4 Å². The molecule has 1 unspecified atom stereocenters. The summed E-state index contributed by atoms with van der Waals surface area (Å²) in [6.45, 7) is 1.79. The van der Waals surface area contributed by atoms with Crippen LogP contribution in [0.3, 0.4) is 0 Å². The summed E-state index contributed by atoms with van der Waals surface area (Å²) in [5.74, 6) is -1.11. The van der Waals surface area contributed by atoms with Gasteiger partial charge < -0.3 is 15.4 Å². The van der Waals surface area contributed by atoms with Crippen LogP contribution in [0.15, 0.2) is 28.7 Å². The molecule has 0 aliphatic carbocycles. The maximum absolute atomic E-state index is 12.2. The zero-order valence-electron chi connectivity index (χ0n) is 10.9. The van der Waals surface area contributed by atoms with Crippen molar-refractivity contribution in [2.75, 3.05) is 0 Å². The van der Waals surface area contributed by atoms with Crippen LogP contribution < -0.4 is 5.32 Å². The third-order valence-electron chi connectivity index (χ3n) is 3.04. The van der Waals surface area contributed by atoms with Crippen molar-refractivity contribution in [3.05, 3.63) is 34.4 Å². The second-order valence-corrected chi connectivity index (χ2v) is 5.46. The first-order valence-electron chi connectivity index (χ1n) is 6.28. The van der Waals surface area contributed by atoms with Crippen LogP contribution in [0.25, 0.3) is 10.9 Å². The van der Waals surface area contributed by atoms with E-state index in [1.807, 2.05) is 24.3 Å². The van der Waals surface area contributed by atoms with Gasteiger partial charge in [-0.05, 0) is 35.3 Å². The van der Waals surface area contributed by atoms with Crippen molar-refractivity contribution in [2.45, 2.75) is 25.8 Å². The first-order valence-corrected chi connectivity index (χ1v) is 7.07. The largest absolute Gasteiger partial charge is 0.481 e. The molecule has 6 heteroatoms. The van der Waals surface area contributed by atoms with E-state index in [1.54, 1.807) is 6.92 Å². The maximum Gasteiger partial charge on any atom is 0.303 e. The van der Waals surface area contributed by atoms with E-state index >= 15 is 0 Å². The lowest BCUT2D eigenvalue weighted by Crippen LogP contribution is -2.33. The van der Waals surface area contributed by atoms with Gasteiger partial charge in [0.1, 0.15) is 5.69 Å². The summed E-state index contributed by atoms with van der Waals surface area (Å²) in [6, 6.07) is 7.41. The summed E-state index contributed by atoms with van der Waals surface area (Å²) in [4.78, 5) is 25.7. The number of para-hydroxylation sites is 1. The van der Waals surface area contributed by atoms with Gasteiger partial charge in [-0.3, -0.25) is 9.59 Å². The molecule has 106 valence electrons. The molecule has 0 saturated heterocycles. The van der Waals surface area contributed by atoms with Gasteiger partial charge in [0, 0.05) is 23.4 Å². The highest BCUT2D eigenvalue weighted by Crippen LogP contribution is 2.27. The van der Waals surface area contributed by atoms with E-state index in [1.165, 1.54) is 0 Å². The van der Waals surface area contributed by atoms with Gasteiger partial charge in [-0.2, -0.15) is 0 Å². The number of nitrogens with one attached hydrogen (secondary N) is 2. The zero-order chi connectivity index (χ0) is 14.7. The van der Waals surface area contributed by atoms with Gasteiger partial charge in [0.15, 0.2) is 0 Å². The van der Waals surface area contributed by atoms with E-state index in [0.29, 0.717) is 12.1 Å². The van der Waals surface area contributed by atoms with Crippen molar-refractivity contribution in [2.24, 2.45) is 0 Å².